The zero-order valence-corrected chi connectivity index (χ0v) is 10.1. The number of carboxylic acids is 1. The van der Waals surface area contributed by atoms with E-state index >= 15 is 0 Å². The third-order valence-electron chi connectivity index (χ3n) is 3.10. The number of aliphatic hydroxyl groups is 1. The highest BCUT2D eigenvalue weighted by atomic mass is 16.4. The van der Waals surface area contributed by atoms with Crippen molar-refractivity contribution in [3.8, 4) is 0 Å². The minimum atomic E-state index is -0.933. The van der Waals surface area contributed by atoms with Gasteiger partial charge in [0.2, 0.25) is 0 Å². The molecule has 1 saturated heterocycles. The van der Waals surface area contributed by atoms with Crippen molar-refractivity contribution in [3.63, 3.8) is 0 Å². The number of aliphatic hydroxyl groups excluding tert-OH is 1. The molecular formula is C12H17N3O3. The molecule has 0 aromatic carbocycles. The third kappa shape index (κ3) is 2.96. The summed E-state index contributed by atoms with van der Waals surface area (Å²) in [7, 11) is 0. The van der Waals surface area contributed by atoms with E-state index in [0.29, 0.717) is 12.4 Å². The second-order valence-corrected chi connectivity index (χ2v) is 4.26. The molecule has 0 radical (unpaired) electrons. The molecule has 0 unspecified atom stereocenters. The first-order valence-corrected chi connectivity index (χ1v) is 5.98. The van der Waals surface area contributed by atoms with Crippen molar-refractivity contribution in [2.24, 2.45) is 0 Å². The van der Waals surface area contributed by atoms with Crippen molar-refractivity contribution >= 4 is 11.8 Å². The molecule has 2 heterocycles. The number of nitrogens with zero attached hydrogens (tertiary/aromatic N) is 3. The maximum atomic E-state index is 10.9. The summed E-state index contributed by atoms with van der Waals surface area (Å²) in [5.74, 6) is -0.226. The molecule has 1 fully saturated rings. The van der Waals surface area contributed by atoms with Gasteiger partial charge in [-0.25, -0.2) is 9.78 Å². The lowest BCUT2D eigenvalue weighted by Crippen LogP contribution is -2.47. The number of aromatic nitrogens is 1. The Morgan fingerprint density at radius 1 is 1.33 bits per heavy atom. The molecular weight excluding hydrogens is 234 g/mol. The van der Waals surface area contributed by atoms with E-state index in [2.05, 4.69) is 14.8 Å². The van der Waals surface area contributed by atoms with E-state index in [-0.39, 0.29) is 12.2 Å². The zero-order valence-electron chi connectivity index (χ0n) is 10.1. The van der Waals surface area contributed by atoms with Crippen molar-refractivity contribution in [1.29, 1.82) is 0 Å². The molecule has 6 heteroatoms. The van der Waals surface area contributed by atoms with Crippen LogP contribution in [0, 0.1) is 0 Å². The predicted molar refractivity (Wildman–Crippen MR) is 66.9 cm³/mol. The van der Waals surface area contributed by atoms with Gasteiger partial charge in [0.15, 0.2) is 0 Å². The van der Waals surface area contributed by atoms with Crippen LogP contribution in [-0.4, -0.2) is 65.4 Å². The van der Waals surface area contributed by atoms with Gasteiger partial charge in [0.05, 0.1) is 12.2 Å². The van der Waals surface area contributed by atoms with Gasteiger partial charge < -0.3 is 15.1 Å². The number of pyridine rings is 1. The number of carboxylic acid groups (broad SMARTS) is 1. The summed E-state index contributed by atoms with van der Waals surface area (Å²) in [6.07, 6.45) is 1.53. The summed E-state index contributed by atoms with van der Waals surface area (Å²) >= 11 is 0. The number of anilines is 1. The van der Waals surface area contributed by atoms with Gasteiger partial charge in [-0.15, -0.1) is 0 Å². The van der Waals surface area contributed by atoms with Crippen LogP contribution >= 0.6 is 0 Å². The second kappa shape index (κ2) is 5.79. The number of rotatable bonds is 4. The molecule has 0 bridgehead atoms. The van der Waals surface area contributed by atoms with E-state index in [0.717, 1.165) is 26.2 Å². The lowest BCUT2D eigenvalue weighted by atomic mass is 10.2. The molecule has 1 aliphatic rings. The lowest BCUT2D eigenvalue weighted by Gasteiger charge is -2.35. The zero-order chi connectivity index (χ0) is 13.0. The van der Waals surface area contributed by atoms with Crippen LogP contribution in [0.15, 0.2) is 18.3 Å². The molecule has 6 nitrogen and oxygen atoms in total. The molecule has 0 amide bonds. The third-order valence-corrected chi connectivity index (χ3v) is 3.10. The Morgan fingerprint density at radius 3 is 2.67 bits per heavy atom. The minimum absolute atomic E-state index is 0.173. The standard InChI is InChI=1S/C12H17N3O3/c16-8-7-14-3-5-15(6-4-14)11-9-10(12(17)18)1-2-13-11/h1-2,9,16H,3-8H2,(H,17,18). The van der Waals surface area contributed by atoms with Crippen molar-refractivity contribution in [2.45, 2.75) is 0 Å². The van der Waals surface area contributed by atoms with Crippen LogP contribution in [-0.2, 0) is 0 Å². The largest absolute Gasteiger partial charge is 0.478 e. The molecule has 2 N–H and O–H groups in total. The SMILES string of the molecule is O=C(O)c1ccnc(N2CCN(CCO)CC2)c1. The normalized spacial score (nSPS) is 16.8. The summed E-state index contributed by atoms with van der Waals surface area (Å²) in [6.45, 7) is 4.19. The Morgan fingerprint density at radius 2 is 2.06 bits per heavy atom. The van der Waals surface area contributed by atoms with Gasteiger partial charge >= 0.3 is 5.97 Å². The Bertz CT molecular complexity index is 417. The molecule has 2 rings (SSSR count). The average Bonchev–Trinajstić information content (AvgIpc) is 2.40. The number of hydrogen-bond acceptors (Lipinski definition) is 5. The molecule has 98 valence electrons. The monoisotopic (exact) mass is 251 g/mol. The summed E-state index contributed by atoms with van der Waals surface area (Å²) in [5.41, 5.74) is 0.262. The van der Waals surface area contributed by atoms with Crippen molar-refractivity contribution in [2.75, 3.05) is 44.2 Å². The van der Waals surface area contributed by atoms with Gasteiger partial charge in [-0.1, -0.05) is 0 Å². The van der Waals surface area contributed by atoms with Gasteiger partial charge in [0.1, 0.15) is 5.82 Å². The van der Waals surface area contributed by atoms with E-state index in [4.69, 9.17) is 10.2 Å². The highest BCUT2D eigenvalue weighted by Gasteiger charge is 2.18. The van der Waals surface area contributed by atoms with Crippen molar-refractivity contribution in [1.82, 2.24) is 9.88 Å². The quantitative estimate of drug-likeness (QED) is 0.778. The summed E-state index contributed by atoms with van der Waals surface area (Å²) in [6, 6.07) is 3.10. The summed E-state index contributed by atoms with van der Waals surface area (Å²) < 4.78 is 0. The molecule has 1 aromatic heterocycles. The van der Waals surface area contributed by atoms with Gasteiger partial charge in [-0.05, 0) is 12.1 Å². The molecule has 0 aliphatic carbocycles. The molecule has 1 aromatic rings. The highest BCUT2D eigenvalue weighted by Crippen LogP contribution is 2.15. The predicted octanol–water partition coefficient (Wildman–Crippen LogP) is -0.106. The van der Waals surface area contributed by atoms with Crippen LogP contribution in [0.1, 0.15) is 10.4 Å². The Labute approximate surface area is 105 Å². The van der Waals surface area contributed by atoms with E-state index in [9.17, 15) is 4.79 Å². The first kappa shape index (κ1) is 12.8. The Kier molecular flexibility index (Phi) is 4.11. The Hall–Kier alpha value is -1.66. The molecule has 18 heavy (non-hydrogen) atoms. The summed E-state index contributed by atoms with van der Waals surface area (Å²) in [4.78, 5) is 19.3. The number of piperazine rings is 1. The number of hydrogen-bond donors (Lipinski definition) is 2. The van der Waals surface area contributed by atoms with E-state index < -0.39 is 5.97 Å². The number of carbonyl (C=O) groups is 1. The smallest absolute Gasteiger partial charge is 0.335 e. The fourth-order valence-electron chi connectivity index (χ4n) is 2.07. The maximum absolute atomic E-state index is 10.9. The van der Waals surface area contributed by atoms with Crippen LogP contribution < -0.4 is 4.90 Å². The van der Waals surface area contributed by atoms with E-state index in [1.54, 1.807) is 6.07 Å². The maximum Gasteiger partial charge on any atom is 0.335 e. The van der Waals surface area contributed by atoms with E-state index in [1.165, 1.54) is 12.3 Å². The first-order valence-electron chi connectivity index (χ1n) is 5.98. The first-order chi connectivity index (χ1) is 8.70. The van der Waals surface area contributed by atoms with Crippen LogP contribution in [0.3, 0.4) is 0 Å². The number of β-amino-alcohol motifs (C(OH)–C–C–N with tert-alkyl or cyclic N) is 1. The summed E-state index contributed by atoms with van der Waals surface area (Å²) in [5, 5.41) is 17.8. The topological polar surface area (TPSA) is 76.9 Å². The average molecular weight is 251 g/mol. The molecule has 0 spiro atoms. The minimum Gasteiger partial charge on any atom is -0.478 e. The lowest BCUT2D eigenvalue weighted by molar-refractivity contribution is 0.0696. The van der Waals surface area contributed by atoms with Gasteiger partial charge in [0.25, 0.3) is 0 Å². The molecule has 0 atom stereocenters. The number of aromatic carboxylic acids is 1. The molecule has 1 aliphatic heterocycles. The van der Waals surface area contributed by atoms with Gasteiger partial charge in [-0.3, -0.25) is 4.90 Å². The fourth-order valence-corrected chi connectivity index (χ4v) is 2.07. The van der Waals surface area contributed by atoms with Gasteiger partial charge in [0, 0.05) is 38.9 Å². The van der Waals surface area contributed by atoms with Gasteiger partial charge in [-0.2, -0.15) is 0 Å². The van der Waals surface area contributed by atoms with Crippen molar-refractivity contribution in [3.05, 3.63) is 23.9 Å². The van der Waals surface area contributed by atoms with Crippen LogP contribution in [0.4, 0.5) is 5.82 Å². The van der Waals surface area contributed by atoms with Crippen LogP contribution in [0.5, 0.6) is 0 Å². The van der Waals surface area contributed by atoms with Crippen LogP contribution in [0.2, 0.25) is 0 Å². The molecule has 0 saturated carbocycles. The Balaban J connectivity index is 2.01. The fraction of sp³-hybridized carbons (Fsp3) is 0.500. The van der Waals surface area contributed by atoms with E-state index in [1.807, 2.05) is 0 Å². The second-order valence-electron chi connectivity index (χ2n) is 4.26. The highest BCUT2D eigenvalue weighted by molar-refractivity contribution is 5.88. The van der Waals surface area contributed by atoms with Crippen molar-refractivity contribution < 1.29 is 15.0 Å². The van der Waals surface area contributed by atoms with Crippen LogP contribution in [0.25, 0.3) is 0 Å².